The Bertz CT molecular complexity index is 280. The predicted octanol–water partition coefficient (Wildman–Crippen LogP) is 2.20. The Morgan fingerprint density at radius 3 is 2.67 bits per heavy atom. The van der Waals surface area contributed by atoms with Crippen LogP contribution in [0.2, 0.25) is 0 Å². The lowest BCUT2D eigenvalue weighted by Crippen LogP contribution is -2.42. The van der Waals surface area contributed by atoms with E-state index >= 15 is 0 Å². The summed E-state index contributed by atoms with van der Waals surface area (Å²) in [5, 5.41) is 3.57. The lowest BCUT2D eigenvalue weighted by molar-refractivity contribution is 0.0880. The van der Waals surface area contributed by atoms with Gasteiger partial charge in [-0.15, -0.1) is 0 Å². The summed E-state index contributed by atoms with van der Waals surface area (Å²) < 4.78 is 5.13. The Kier molecular flexibility index (Phi) is 3.75. The molecule has 82 valence electrons. The van der Waals surface area contributed by atoms with Crippen molar-refractivity contribution in [2.24, 2.45) is 5.92 Å². The predicted molar refractivity (Wildman–Crippen MR) is 61.7 cm³/mol. The van der Waals surface area contributed by atoms with Gasteiger partial charge in [-0.1, -0.05) is 30.3 Å². The summed E-state index contributed by atoms with van der Waals surface area (Å²) in [4.78, 5) is 0. The summed E-state index contributed by atoms with van der Waals surface area (Å²) in [6, 6.07) is 11.3. The van der Waals surface area contributed by atoms with Crippen molar-refractivity contribution >= 4 is 0 Å². The van der Waals surface area contributed by atoms with Crippen LogP contribution in [0.4, 0.5) is 0 Å². The summed E-state index contributed by atoms with van der Waals surface area (Å²) >= 11 is 0. The first kappa shape index (κ1) is 10.7. The molecule has 0 radical (unpaired) electrons. The lowest BCUT2D eigenvalue weighted by atomic mass is 9.81. The molecule has 1 N–H and O–H groups in total. The van der Waals surface area contributed by atoms with Crippen molar-refractivity contribution in [3.8, 4) is 0 Å². The van der Waals surface area contributed by atoms with Gasteiger partial charge in [-0.25, -0.2) is 0 Å². The average molecular weight is 205 g/mol. The van der Waals surface area contributed by atoms with Gasteiger partial charge in [0.05, 0.1) is 0 Å². The molecule has 15 heavy (non-hydrogen) atoms. The highest BCUT2D eigenvalue weighted by Crippen LogP contribution is 2.27. The van der Waals surface area contributed by atoms with Gasteiger partial charge in [0.15, 0.2) is 0 Å². The Morgan fingerprint density at radius 2 is 2.00 bits per heavy atom. The normalized spacial score (nSPS) is 24.9. The summed E-state index contributed by atoms with van der Waals surface area (Å²) in [6.07, 6.45) is 2.53. The van der Waals surface area contributed by atoms with E-state index in [4.69, 9.17) is 4.74 Å². The molecule has 0 unspecified atom stereocenters. The van der Waals surface area contributed by atoms with Crippen molar-refractivity contribution < 1.29 is 4.74 Å². The van der Waals surface area contributed by atoms with Gasteiger partial charge in [0.1, 0.15) is 0 Å². The molecule has 0 aliphatic heterocycles. The fourth-order valence-corrected chi connectivity index (χ4v) is 2.13. The molecule has 0 aromatic heterocycles. The molecule has 1 aromatic rings. The molecule has 0 spiro atoms. The third kappa shape index (κ3) is 3.05. The van der Waals surface area contributed by atoms with E-state index in [2.05, 4.69) is 35.6 Å². The highest BCUT2D eigenvalue weighted by molar-refractivity contribution is 5.14. The van der Waals surface area contributed by atoms with Crippen molar-refractivity contribution in [2.75, 3.05) is 13.7 Å². The van der Waals surface area contributed by atoms with Gasteiger partial charge in [0.2, 0.25) is 0 Å². The van der Waals surface area contributed by atoms with Crippen LogP contribution in [0.15, 0.2) is 30.3 Å². The molecular formula is C13H19NO. The molecule has 2 rings (SSSR count). The van der Waals surface area contributed by atoms with Gasteiger partial charge in [-0.3, -0.25) is 0 Å². The third-order valence-electron chi connectivity index (χ3n) is 3.08. The maximum Gasteiger partial charge on any atom is 0.0491 e. The molecule has 0 bridgehead atoms. The average Bonchev–Trinajstić information content (AvgIpc) is 2.23. The highest BCUT2D eigenvalue weighted by Gasteiger charge is 2.28. The molecule has 1 aromatic carbocycles. The van der Waals surface area contributed by atoms with E-state index in [0.29, 0.717) is 6.04 Å². The van der Waals surface area contributed by atoms with E-state index in [0.717, 1.165) is 19.1 Å². The molecule has 1 aliphatic carbocycles. The van der Waals surface area contributed by atoms with Crippen molar-refractivity contribution in [1.29, 1.82) is 0 Å². The Labute approximate surface area is 91.6 Å². The zero-order valence-electron chi connectivity index (χ0n) is 9.28. The second-order valence-electron chi connectivity index (χ2n) is 4.36. The number of methoxy groups -OCH3 is 1. The van der Waals surface area contributed by atoms with Crippen LogP contribution in [0.25, 0.3) is 0 Å². The SMILES string of the molecule is COCC1CC(NCc2ccccc2)C1. The van der Waals surface area contributed by atoms with E-state index in [1.54, 1.807) is 7.11 Å². The maximum atomic E-state index is 5.13. The zero-order chi connectivity index (χ0) is 10.5. The van der Waals surface area contributed by atoms with E-state index < -0.39 is 0 Å². The van der Waals surface area contributed by atoms with E-state index in [-0.39, 0.29) is 0 Å². The fourth-order valence-electron chi connectivity index (χ4n) is 2.13. The molecular weight excluding hydrogens is 186 g/mol. The van der Waals surface area contributed by atoms with Gasteiger partial charge in [-0.2, -0.15) is 0 Å². The lowest BCUT2D eigenvalue weighted by Gasteiger charge is -2.35. The van der Waals surface area contributed by atoms with E-state index in [1.165, 1.54) is 18.4 Å². The molecule has 1 fully saturated rings. The Morgan fingerprint density at radius 1 is 1.27 bits per heavy atom. The summed E-state index contributed by atoms with van der Waals surface area (Å²) in [6.45, 7) is 1.91. The molecule has 0 saturated heterocycles. The number of hydrogen-bond donors (Lipinski definition) is 1. The minimum absolute atomic E-state index is 0.699. The van der Waals surface area contributed by atoms with Crippen molar-refractivity contribution in [3.05, 3.63) is 35.9 Å². The second-order valence-corrected chi connectivity index (χ2v) is 4.36. The quantitative estimate of drug-likeness (QED) is 0.795. The summed E-state index contributed by atoms with van der Waals surface area (Å²) in [7, 11) is 1.78. The standard InChI is InChI=1S/C13H19NO/c1-15-10-12-7-13(8-12)14-9-11-5-3-2-4-6-11/h2-6,12-14H,7-10H2,1H3. The summed E-state index contributed by atoms with van der Waals surface area (Å²) in [5.74, 6) is 0.781. The molecule has 0 heterocycles. The zero-order valence-corrected chi connectivity index (χ0v) is 9.28. The van der Waals surface area contributed by atoms with Gasteiger partial charge in [0.25, 0.3) is 0 Å². The van der Waals surface area contributed by atoms with Crippen molar-refractivity contribution in [2.45, 2.75) is 25.4 Å². The molecule has 0 amide bonds. The first-order valence-electron chi connectivity index (χ1n) is 5.64. The van der Waals surface area contributed by atoms with Gasteiger partial charge >= 0.3 is 0 Å². The van der Waals surface area contributed by atoms with Crippen LogP contribution in [-0.4, -0.2) is 19.8 Å². The van der Waals surface area contributed by atoms with Crippen LogP contribution < -0.4 is 5.32 Å². The van der Waals surface area contributed by atoms with Gasteiger partial charge in [-0.05, 0) is 24.3 Å². The molecule has 1 aliphatic rings. The van der Waals surface area contributed by atoms with Crippen LogP contribution in [0.1, 0.15) is 18.4 Å². The smallest absolute Gasteiger partial charge is 0.0491 e. The first-order chi connectivity index (χ1) is 7.38. The van der Waals surface area contributed by atoms with Crippen LogP contribution in [0.5, 0.6) is 0 Å². The van der Waals surface area contributed by atoms with Crippen LogP contribution in [0, 0.1) is 5.92 Å². The number of ether oxygens (including phenoxy) is 1. The summed E-state index contributed by atoms with van der Waals surface area (Å²) in [5.41, 5.74) is 1.37. The minimum Gasteiger partial charge on any atom is -0.384 e. The number of benzene rings is 1. The van der Waals surface area contributed by atoms with Crippen LogP contribution >= 0.6 is 0 Å². The number of hydrogen-bond acceptors (Lipinski definition) is 2. The van der Waals surface area contributed by atoms with Crippen LogP contribution in [-0.2, 0) is 11.3 Å². The molecule has 0 atom stereocenters. The van der Waals surface area contributed by atoms with E-state index in [9.17, 15) is 0 Å². The highest BCUT2D eigenvalue weighted by atomic mass is 16.5. The molecule has 2 nitrogen and oxygen atoms in total. The van der Waals surface area contributed by atoms with E-state index in [1.807, 2.05) is 0 Å². The van der Waals surface area contributed by atoms with Crippen LogP contribution in [0.3, 0.4) is 0 Å². The Balaban J connectivity index is 1.64. The first-order valence-corrected chi connectivity index (χ1v) is 5.64. The third-order valence-corrected chi connectivity index (χ3v) is 3.08. The monoisotopic (exact) mass is 205 g/mol. The number of nitrogens with one attached hydrogen (secondary N) is 1. The van der Waals surface area contributed by atoms with Crippen molar-refractivity contribution in [3.63, 3.8) is 0 Å². The van der Waals surface area contributed by atoms with Gasteiger partial charge < -0.3 is 10.1 Å². The maximum absolute atomic E-state index is 5.13. The molecule has 1 saturated carbocycles. The van der Waals surface area contributed by atoms with Crippen molar-refractivity contribution in [1.82, 2.24) is 5.32 Å². The fraction of sp³-hybridized carbons (Fsp3) is 0.538. The largest absolute Gasteiger partial charge is 0.384 e. The minimum atomic E-state index is 0.699. The Hall–Kier alpha value is -0.860. The molecule has 2 heteroatoms. The number of rotatable bonds is 5. The second kappa shape index (κ2) is 5.29. The topological polar surface area (TPSA) is 21.3 Å². The van der Waals surface area contributed by atoms with Gasteiger partial charge in [0, 0.05) is 26.3 Å².